The van der Waals surface area contributed by atoms with Crippen LogP contribution in [0.4, 0.5) is 5.00 Å². The van der Waals surface area contributed by atoms with Gasteiger partial charge in [0, 0.05) is 11.3 Å². The summed E-state index contributed by atoms with van der Waals surface area (Å²) in [5.74, 6) is 0.524. The molecule has 2 rings (SSSR count). The maximum absolute atomic E-state index is 11.4. The van der Waals surface area contributed by atoms with E-state index >= 15 is 0 Å². The van der Waals surface area contributed by atoms with Gasteiger partial charge >= 0.3 is 0 Å². The zero-order chi connectivity index (χ0) is 14.0. The van der Waals surface area contributed by atoms with Gasteiger partial charge in [-0.2, -0.15) is 17.0 Å². The Bertz CT molecular complexity index is 547. The predicted molar refractivity (Wildman–Crippen MR) is 80.3 cm³/mol. The Morgan fingerprint density at radius 3 is 2.95 bits per heavy atom. The fraction of sp³-hybridized carbons (Fsp3) is 0.538. The van der Waals surface area contributed by atoms with Crippen molar-refractivity contribution in [1.29, 1.82) is 5.26 Å². The number of carbonyl (C=O) groups is 1. The topological polar surface area (TPSA) is 92.9 Å². The first kappa shape index (κ1) is 14.2. The number of nitrogens with two attached hydrogens (primary N) is 2. The van der Waals surface area contributed by atoms with Gasteiger partial charge in [0.1, 0.15) is 0 Å². The second-order valence-electron chi connectivity index (χ2n) is 4.92. The normalized spacial score (nSPS) is 21.7. The molecule has 1 heterocycles. The first-order valence-electron chi connectivity index (χ1n) is 6.13. The van der Waals surface area contributed by atoms with Crippen LogP contribution in [0.2, 0.25) is 0 Å². The number of rotatable bonds is 4. The molecule has 1 aliphatic rings. The van der Waals surface area contributed by atoms with Crippen molar-refractivity contribution in [2.45, 2.75) is 25.7 Å². The highest BCUT2D eigenvalue weighted by Crippen LogP contribution is 2.44. The molecule has 0 saturated carbocycles. The van der Waals surface area contributed by atoms with Gasteiger partial charge in [0.25, 0.3) is 5.91 Å². The Labute approximate surface area is 121 Å². The molecule has 1 aliphatic carbocycles. The Morgan fingerprint density at radius 1 is 1.63 bits per heavy atom. The van der Waals surface area contributed by atoms with Gasteiger partial charge in [-0.3, -0.25) is 4.79 Å². The Balaban J connectivity index is 2.32. The number of thiophene rings is 1. The van der Waals surface area contributed by atoms with E-state index in [9.17, 15) is 10.1 Å². The maximum Gasteiger partial charge on any atom is 0.251 e. The molecule has 1 atom stereocenters. The third kappa shape index (κ3) is 2.58. The third-order valence-corrected chi connectivity index (χ3v) is 5.41. The molecule has 0 fully saturated rings. The number of nitrogens with zero attached hydrogens (tertiary/aromatic N) is 1. The van der Waals surface area contributed by atoms with Crippen molar-refractivity contribution < 1.29 is 4.79 Å². The maximum atomic E-state index is 11.4. The highest BCUT2D eigenvalue weighted by Gasteiger charge is 2.37. The lowest BCUT2D eigenvalue weighted by Crippen LogP contribution is -2.28. The number of fused-ring (bicyclic) bond motifs is 1. The summed E-state index contributed by atoms with van der Waals surface area (Å²) in [6.45, 7) is 0. The lowest BCUT2D eigenvalue weighted by Gasteiger charge is -2.30. The van der Waals surface area contributed by atoms with Crippen LogP contribution in [-0.4, -0.2) is 17.9 Å². The van der Waals surface area contributed by atoms with Crippen LogP contribution in [0.25, 0.3) is 0 Å². The van der Waals surface area contributed by atoms with Gasteiger partial charge in [-0.25, -0.2) is 0 Å². The number of hydrogen-bond acceptors (Lipinski definition) is 5. The highest BCUT2D eigenvalue weighted by atomic mass is 32.2. The van der Waals surface area contributed by atoms with Crippen LogP contribution >= 0.6 is 23.1 Å². The van der Waals surface area contributed by atoms with Crippen molar-refractivity contribution in [2.24, 2.45) is 11.1 Å². The number of anilines is 1. The van der Waals surface area contributed by atoms with Crippen LogP contribution < -0.4 is 11.5 Å². The zero-order valence-corrected chi connectivity index (χ0v) is 12.5. The van der Waals surface area contributed by atoms with Gasteiger partial charge in [0.05, 0.1) is 22.0 Å². The summed E-state index contributed by atoms with van der Waals surface area (Å²) >= 11 is 3.17. The predicted octanol–water partition coefficient (Wildman–Crippen LogP) is 2.18. The molecule has 1 aromatic rings. The minimum Gasteiger partial charge on any atom is -0.390 e. The average molecular weight is 295 g/mol. The number of carbonyl (C=O) groups excluding carboxylic acids is 1. The minimum absolute atomic E-state index is 0.303. The lowest BCUT2D eigenvalue weighted by molar-refractivity contribution is 0.1000. The first-order chi connectivity index (χ1) is 9.03. The molecule has 1 aromatic heterocycles. The van der Waals surface area contributed by atoms with Gasteiger partial charge < -0.3 is 11.5 Å². The SMILES string of the molecule is CSCCC1(C#N)CCc2c(sc(N)c2C(N)=O)C1. The molecule has 0 saturated heterocycles. The molecule has 1 amide bonds. The molecular formula is C13H17N3OS2. The molecule has 0 radical (unpaired) electrons. The van der Waals surface area contributed by atoms with Crippen molar-refractivity contribution in [3.63, 3.8) is 0 Å². The molecule has 1 unspecified atom stereocenters. The molecular weight excluding hydrogens is 278 g/mol. The van der Waals surface area contributed by atoms with Crippen molar-refractivity contribution >= 4 is 34.0 Å². The van der Waals surface area contributed by atoms with Crippen molar-refractivity contribution in [2.75, 3.05) is 17.7 Å². The van der Waals surface area contributed by atoms with E-state index in [2.05, 4.69) is 6.07 Å². The van der Waals surface area contributed by atoms with Crippen LogP contribution in [-0.2, 0) is 12.8 Å². The standard InChI is InChI=1S/C13H17N3OS2/c1-18-5-4-13(7-14)3-2-8-9(6-13)19-12(16)10(8)11(15)17/h2-6,16H2,1H3,(H2,15,17). The molecule has 4 N–H and O–H groups in total. The van der Waals surface area contributed by atoms with E-state index in [-0.39, 0.29) is 5.41 Å². The number of hydrogen-bond donors (Lipinski definition) is 2. The van der Waals surface area contributed by atoms with E-state index in [1.54, 1.807) is 11.8 Å². The van der Waals surface area contributed by atoms with E-state index in [0.717, 1.165) is 35.5 Å². The van der Waals surface area contributed by atoms with Gasteiger partial charge in [0.2, 0.25) is 0 Å². The highest BCUT2D eigenvalue weighted by molar-refractivity contribution is 7.98. The molecule has 0 bridgehead atoms. The minimum atomic E-state index is -0.455. The van der Waals surface area contributed by atoms with Crippen molar-refractivity contribution in [3.8, 4) is 6.07 Å². The fourth-order valence-corrected chi connectivity index (χ4v) is 4.49. The third-order valence-electron chi connectivity index (χ3n) is 3.74. The van der Waals surface area contributed by atoms with E-state index in [0.29, 0.717) is 17.0 Å². The fourth-order valence-electron chi connectivity index (χ4n) is 2.63. The van der Waals surface area contributed by atoms with E-state index in [1.807, 2.05) is 6.26 Å². The van der Waals surface area contributed by atoms with Gasteiger partial charge in [-0.1, -0.05) is 0 Å². The molecule has 0 spiro atoms. The molecule has 0 aliphatic heterocycles. The summed E-state index contributed by atoms with van der Waals surface area (Å²) in [6, 6.07) is 2.49. The van der Waals surface area contributed by atoms with Gasteiger partial charge in [-0.05, 0) is 36.8 Å². The summed E-state index contributed by atoms with van der Waals surface area (Å²) in [5.41, 5.74) is 12.4. The van der Waals surface area contributed by atoms with Crippen LogP contribution in [0, 0.1) is 16.7 Å². The summed E-state index contributed by atoms with van der Waals surface area (Å²) in [6.07, 6.45) is 5.14. The largest absolute Gasteiger partial charge is 0.390 e. The molecule has 19 heavy (non-hydrogen) atoms. The quantitative estimate of drug-likeness (QED) is 0.890. The monoisotopic (exact) mass is 295 g/mol. The van der Waals surface area contributed by atoms with E-state index in [1.165, 1.54) is 11.3 Å². The summed E-state index contributed by atoms with van der Waals surface area (Å²) in [4.78, 5) is 12.5. The Morgan fingerprint density at radius 2 is 2.37 bits per heavy atom. The van der Waals surface area contributed by atoms with Crippen LogP contribution in [0.15, 0.2) is 0 Å². The zero-order valence-electron chi connectivity index (χ0n) is 10.9. The van der Waals surface area contributed by atoms with Crippen LogP contribution in [0.5, 0.6) is 0 Å². The second-order valence-corrected chi connectivity index (χ2v) is 7.04. The summed E-state index contributed by atoms with van der Waals surface area (Å²) in [5, 5.41) is 10.00. The number of nitrogen functional groups attached to an aromatic ring is 1. The molecule has 6 heteroatoms. The Hall–Kier alpha value is -1.19. The number of thioether (sulfide) groups is 1. The van der Waals surface area contributed by atoms with Crippen LogP contribution in [0.3, 0.4) is 0 Å². The Kier molecular flexibility index (Phi) is 4.07. The number of amides is 1. The van der Waals surface area contributed by atoms with Gasteiger partial charge in [-0.15, -0.1) is 11.3 Å². The molecule has 4 nitrogen and oxygen atoms in total. The lowest BCUT2D eigenvalue weighted by atomic mass is 9.73. The van der Waals surface area contributed by atoms with Crippen molar-refractivity contribution in [3.05, 3.63) is 16.0 Å². The smallest absolute Gasteiger partial charge is 0.251 e. The average Bonchev–Trinajstić information content (AvgIpc) is 2.71. The van der Waals surface area contributed by atoms with E-state index in [4.69, 9.17) is 11.5 Å². The summed E-state index contributed by atoms with van der Waals surface area (Å²) in [7, 11) is 0. The molecule has 0 aromatic carbocycles. The van der Waals surface area contributed by atoms with E-state index < -0.39 is 5.91 Å². The van der Waals surface area contributed by atoms with Crippen molar-refractivity contribution in [1.82, 2.24) is 0 Å². The van der Waals surface area contributed by atoms with Gasteiger partial charge in [0.15, 0.2) is 0 Å². The summed E-state index contributed by atoms with van der Waals surface area (Å²) < 4.78 is 0. The number of primary amides is 1. The van der Waals surface area contributed by atoms with Crippen LogP contribution in [0.1, 0.15) is 33.6 Å². The second kappa shape index (κ2) is 5.43. The first-order valence-corrected chi connectivity index (χ1v) is 8.34. The number of nitriles is 1. The molecule has 102 valence electrons.